The van der Waals surface area contributed by atoms with Gasteiger partial charge >= 0.3 is 0 Å². The largest absolute Gasteiger partial charge is 0.409 e. The van der Waals surface area contributed by atoms with E-state index >= 15 is 0 Å². The molecule has 0 fully saturated rings. The van der Waals surface area contributed by atoms with Gasteiger partial charge in [0.25, 0.3) is 0 Å². The molecule has 0 aliphatic heterocycles. The predicted molar refractivity (Wildman–Crippen MR) is 82.9 cm³/mol. The standard InChI is InChI=1S/C13H15ClN4OS/c1-8-16-9(7-20-8)6-18(2)11-5-3-4-10(14)12(11)13(15)17-19/h3-5,7,19H,6H2,1-2H3,(H2,15,17). The highest BCUT2D eigenvalue weighted by atomic mass is 35.5. The lowest BCUT2D eigenvalue weighted by atomic mass is 10.1. The number of aromatic nitrogens is 1. The van der Waals surface area contributed by atoms with Crippen molar-refractivity contribution in [1.29, 1.82) is 0 Å². The summed E-state index contributed by atoms with van der Waals surface area (Å²) in [4.78, 5) is 6.39. The number of halogens is 1. The van der Waals surface area contributed by atoms with E-state index in [2.05, 4.69) is 10.1 Å². The van der Waals surface area contributed by atoms with Gasteiger partial charge in [-0.2, -0.15) is 0 Å². The average Bonchev–Trinajstić information content (AvgIpc) is 2.83. The van der Waals surface area contributed by atoms with Gasteiger partial charge in [-0.1, -0.05) is 22.8 Å². The Hall–Kier alpha value is -1.79. The normalized spacial score (nSPS) is 11.7. The number of benzene rings is 1. The highest BCUT2D eigenvalue weighted by Crippen LogP contribution is 2.27. The van der Waals surface area contributed by atoms with Crippen LogP contribution < -0.4 is 10.6 Å². The van der Waals surface area contributed by atoms with Gasteiger partial charge in [0.15, 0.2) is 5.84 Å². The number of hydrogen-bond donors (Lipinski definition) is 2. The molecule has 0 aliphatic rings. The Labute approximate surface area is 126 Å². The van der Waals surface area contributed by atoms with E-state index < -0.39 is 0 Å². The third-order valence-corrected chi connectivity index (χ3v) is 3.97. The maximum atomic E-state index is 8.89. The van der Waals surface area contributed by atoms with Crippen molar-refractivity contribution in [3.63, 3.8) is 0 Å². The number of aryl methyl sites for hydroxylation is 1. The van der Waals surface area contributed by atoms with E-state index in [1.807, 2.05) is 36.4 Å². The molecule has 1 heterocycles. The lowest BCUT2D eigenvalue weighted by Gasteiger charge is -2.21. The molecule has 0 amide bonds. The molecule has 0 aliphatic carbocycles. The quantitative estimate of drug-likeness (QED) is 0.394. The fourth-order valence-corrected chi connectivity index (χ4v) is 2.81. The number of nitrogens with zero attached hydrogens (tertiary/aromatic N) is 3. The number of hydrogen-bond acceptors (Lipinski definition) is 5. The summed E-state index contributed by atoms with van der Waals surface area (Å²) in [5, 5.41) is 15.4. The number of nitrogens with two attached hydrogens (primary N) is 1. The van der Waals surface area contributed by atoms with Crippen LogP contribution in [0.25, 0.3) is 0 Å². The van der Waals surface area contributed by atoms with Crippen LogP contribution in [0.5, 0.6) is 0 Å². The minimum absolute atomic E-state index is 0.00749. The summed E-state index contributed by atoms with van der Waals surface area (Å²) < 4.78 is 0. The van der Waals surface area contributed by atoms with E-state index in [0.717, 1.165) is 16.4 Å². The number of oxime groups is 1. The van der Waals surface area contributed by atoms with Gasteiger partial charge in [0.2, 0.25) is 0 Å². The summed E-state index contributed by atoms with van der Waals surface area (Å²) >= 11 is 7.75. The van der Waals surface area contributed by atoms with Gasteiger partial charge in [-0.3, -0.25) is 0 Å². The summed E-state index contributed by atoms with van der Waals surface area (Å²) in [7, 11) is 1.91. The second kappa shape index (κ2) is 6.11. The average molecular weight is 311 g/mol. The number of amidine groups is 1. The first kappa shape index (κ1) is 14.6. The van der Waals surface area contributed by atoms with E-state index in [4.69, 9.17) is 22.5 Å². The third kappa shape index (κ3) is 3.02. The minimum Gasteiger partial charge on any atom is -0.409 e. The SMILES string of the molecule is Cc1nc(CN(C)c2cccc(Cl)c2C(N)=NO)cs1. The molecule has 0 spiro atoms. The molecule has 1 aromatic carbocycles. The highest BCUT2D eigenvalue weighted by molar-refractivity contribution is 7.09. The van der Waals surface area contributed by atoms with Crippen LogP contribution in [-0.2, 0) is 6.54 Å². The topological polar surface area (TPSA) is 74.7 Å². The van der Waals surface area contributed by atoms with Crippen LogP contribution in [-0.4, -0.2) is 23.1 Å². The first-order valence-corrected chi connectivity index (χ1v) is 7.17. The fourth-order valence-electron chi connectivity index (χ4n) is 1.94. The molecular formula is C13H15ClN4OS. The first-order valence-electron chi connectivity index (χ1n) is 5.91. The van der Waals surface area contributed by atoms with Gasteiger partial charge in [-0.15, -0.1) is 11.3 Å². The second-order valence-electron chi connectivity index (χ2n) is 4.33. The van der Waals surface area contributed by atoms with Crippen molar-refractivity contribution in [3.05, 3.63) is 44.9 Å². The van der Waals surface area contributed by atoms with Crippen molar-refractivity contribution in [3.8, 4) is 0 Å². The van der Waals surface area contributed by atoms with Crippen molar-refractivity contribution in [2.24, 2.45) is 10.9 Å². The fraction of sp³-hybridized carbons (Fsp3) is 0.231. The van der Waals surface area contributed by atoms with Crippen LogP contribution in [0.4, 0.5) is 5.69 Å². The van der Waals surface area contributed by atoms with E-state index in [9.17, 15) is 0 Å². The Bertz CT molecular complexity index is 641. The molecule has 0 saturated carbocycles. The molecule has 0 bridgehead atoms. The van der Waals surface area contributed by atoms with Gasteiger partial charge in [-0.25, -0.2) is 4.98 Å². The van der Waals surface area contributed by atoms with Crippen molar-refractivity contribution < 1.29 is 5.21 Å². The van der Waals surface area contributed by atoms with Crippen molar-refractivity contribution in [1.82, 2.24) is 4.98 Å². The highest BCUT2D eigenvalue weighted by Gasteiger charge is 2.15. The zero-order valence-electron chi connectivity index (χ0n) is 11.2. The molecule has 3 N–H and O–H groups in total. The van der Waals surface area contributed by atoms with Crippen LogP contribution in [0, 0.1) is 6.92 Å². The molecule has 7 heteroatoms. The first-order chi connectivity index (χ1) is 9.52. The third-order valence-electron chi connectivity index (χ3n) is 2.83. The molecule has 106 valence electrons. The second-order valence-corrected chi connectivity index (χ2v) is 5.80. The van der Waals surface area contributed by atoms with Gasteiger partial charge in [0.05, 0.1) is 27.8 Å². The molecule has 5 nitrogen and oxygen atoms in total. The van der Waals surface area contributed by atoms with Gasteiger partial charge in [-0.05, 0) is 19.1 Å². The van der Waals surface area contributed by atoms with Crippen LogP contribution in [0.1, 0.15) is 16.3 Å². The molecule has 2 aromatic rings. The van der Waals surface area contributed by atoms with Crippen LogP contribution in [0.3, 0.4) is 0 Å². The molecule has 20 heavy (non-hydrogen) atoms. The summed E-state index contributed by atoms with van der Waals surface area (Å²) in [5.41, 5.74) is 7.99. The lowest BCUT2D eigenvalue weighted by molar-refractivity contribution is 0.318. The Balaban J connectivity index is 2.34. The smallest absolute Gasteiger partial charge is 0.173 e. The molecular weight excluding hydrogens is 296 g/mol. The molecule has 0 saturated heterocycles. The van der Waals surface area contributed by atoms with Crippen molar-refractivity contribution in [2.45, 2.75) is 13.5 Å². The molecule has 0 radical (unpaired) electrons. The maximum Gasteiger partial charge on any atom is 0.173 e. The molecule has 0 atom stereocenters. The van der Waals surface area contributed by atoms with Crippen LogP contribution >= 0.6 is 22.9 Å². The molecule has 0 unspecified atom stereocenters. The summed E-state index contributed by atoms with van der Waals surface area (Å²) in [5.74, 6) is -0.00749. The van der Waals surface area contributed by atoms with Crippen LogP contribution in [0.15, 0.2) is 28.7 Å². The maximum absolute atomic E-state index is 8.89. The Morgan fingerprint density at radius 3 is 2.90 bits per heavy atom. The van der Waals surface area contributed by atoms with E-state index in [-0.39, 0.29) is 5.84 Å². The van der Waals surface area contributed by atoms with Crippen molar-refractivity contribution in [2.75, 3.05) is 11.9 Å². The van der Waals surface area contributed by atoms with E-state index in [0.29, 0.717) is 17.1 Å². The summed E-state index contributed by atoms with van der Waals surface area (Å²) in [6, 6.07) is 5.41. The minimum atomic E-state index is -0.00749. The van der Waals surface area contributed by atoms with Crippen molar-refractivity contribution >= 4 is 34.5 Å². The zero-order valence-corrected chi connectivity index (χ0v) is 12.7. The zero-order chi connectivity index (χ0) is 14.7. The van der Waals surface area contributed by atoms with Gasteiger partial charge < -0.3 is 15.8 Å². The molecule has 1 aromatic heterocycles. The number of rotatable bonds is 4. The van der Waals surface area contributed by atoms with Gasteiger partial charge in [0, 0.05) is 18.1 Å². The lowest BCUT2D eigenvalue weighted by Crippen LogP contribution is -2.23. The summed E-state index contributed by atoms with van der Waals surface area (Å²) in [6.45, 7) is 2.59. The molecule has 2 rings (SSSR count). The predicted octanol–water partition coefficient (Wildman–Crippen LogP) is 2.84. The number of anilines is 1. The monoisotopic (exact) mass is 310 g/mol. The Kier molecular flexibility index (Phi) is 4.46. The van der Waals surface area contributed by atoms with Gasteiger partial charge in [0.1, 0.15) is 0 Å². The van der Waals surface area contributed by atoms with E-state index in [1.54, 1.807) is 17.4 Å². The Morgan fingerprint density at radius 1 is 1.55 bits per heavy atom. The van der Waals surface area contributed by atoms with Crippen LogP contribution in [0.2, 0.25) is 5.02 Å². The van der Waals surface area contributed by atoms with E-state index in [1.165, 1.54) is 0 Å². The number of thiazole rings is 1. The summed E-state index contributed by atoms with van der Waals surface area (Å²) in [6.07, 6.45) is 0. The Morgan fingerprint density at radius 2 is 2.30 bits per heavy atom.